The molecule has 6 rings (SSSR count). The number of carbonyl (C=O) groups is 3. The van der Waals surface area contributed by atoms with Gasteiger partial charge in [-0.15, -0.1) is 0 Å². The number of benzene rings is 4. The number of carboxylic acid groups (broad SMARTS) is 1. The first-order chi connectivity index (χ1) is 25.9. The van der Waals surface area contributed by atoms with Crippen molar-refractivity contribution in [1.82, 2.24) is 0 Å². The van der Waals surface area contributed by atoms with Crippen LogP contribution in [-0.2, 0) is 23.9 Å². The Kier molecular flexibility index (Phi) is 11.8. The van der Waals surface area contributed by atoms with Gasteiger partial charge in [-0.05, 0) is 52.6 Å². The zero-order valence-electron chi connectivity index (χ0n) is 28.4. The summed E-state index contributed by atoms with van der Waals surface area (Å²) >= 11 is 0. The van der Waals surface area contributed by atoms with E-state index in [1.807, 2.05) is 0 Å². The third-order valence-corrected chi connectivity index (χ3v) is 9.53. The molecule has 2 saturated heterocycles. The van der Waals surface area contributed by atoms with Crippen LogP contribution in [0.15, 0.2) is 97.1 Å². The molecule has 0 aromatic heterocycles. The molecule has 2 aliphatic rings. The zero-order valence-corrected chi connectivity index (χ0v) is 28.4. The number of amides is 1. The number of hydrogen-bond donors (Lipinski definition) is 7. The third kappa shape index (κ3) is 7.75. The van der Waals surface area contributed by atoms with Gasteiger partial charge in [-0.1, -0.05) is 66.7 Å². The highest BCUT2D eigenvalue weighted by molar-refractivity contribution is 6.05. The number of halogens is 1. The summed E-state index contributed by atoms with van der Waals surface area (Å²) in [6.07, 6.45) is -12.9. The molecule has 5 unspecified atom stereocenters. The molecule has 4 aromatic carbocycles. The number of hydrogen-bond acceptors (Lipinski definition) is 12. The van der Waals surface area contributed by atoms with Crippen LogP contribution in [-0.4, -0.2) is 110 Å². The van der Waals surface area contributed by atoms with Gasteiger partial charge in [0.1, 0.15) is 48.3 Å². The van der Waals surface area contributed by atoms with E-state index in [1.54, 1.807) is 66.7 Å². The highest BCUT2D eigenvalue weighted by Gasteiger charge is 2.52. The Bertz CT molecular complexity index is 1930. The average Bonchev–Trinajstić information content (AvgIpc) is 3.18. The zero-order chi connectivity index (χ0) is 38.7. The van der Waals surface area contributed by atoms with Gasteiger partial charge in [0.25, 0.3) is 5.91 Å². The van der Waals surface area contributed by atoms with Crippen LogP contribution < -0.4 is 9.64 Å². The minimum absolute atomic E-state index is 0.0408. The van der Waals surface area contributed by atoms with Gasteiger partial charge in [0, 0.05) is 11.3 Å². The summed E-state index contributed by atoms with van der Waals surface area (Å²) in [6, 6.07) is 24.0. The lowest BCUT2D eigenvalue weighted by molar-refractivity contribution is -0.271. The molecule has 1 amide bonds. The van der Waals surface area contributed by atoms with E-state index in [0.717, 1.165) is 0 Å². The number of anilines is 1. The Morgan fingerprint density at radius 3 is 2.15 bits per heavy atom. The number of para-hydroxylation sites is 1. The predicted molar refractivity (Wildman–Crippen MR) is 186 cm³/mol. The number of carboxylic acids is 1. The largest absolute Gasteiger partial charge is 0.479 e. The number of aldehydes is 1. The third-order valence-electron chi connectivity index (χ3n) is 9.53. The topological polar surface area (TPSA) is 224 Å². The van der Waals surface area contributed by atoms with Gasteiger partial charge < -0.3 is 54.8 Å². The van der Waals surface area contributed by atoms with Gasteiger partial charge in [-0.2, -0.15) is 0 Å². The van der Waals surface area contributed by atoms with Crippen LogP contribution in [0.3, 0.4) is 0 Å². The second kappa shape index (κ2) is 16.5. The highest BCUT2D eigenvalue weighted by atomic mass is 19.1. The van der Waals surface area contributed by atoms with E-state index < -0.39 is 85.3 Å². The smallest absolute Gasteiger partial charge is 0.335 e. The molecular weight excluding hydrogens is 709 g/mol. The number of carbonyl (C=O) groups excluding carboxylic acids is 2. The fourth-order valence-corrected chi connectivity index (χ4v) is 6.52. The number of aliphatic hydroxyl groups excluding tert-OH is 6. The van der Waals surface area contributed by atoms with Crippen LogP contribution in [0, 0.1) is 5.82 Å². The average molecular weight is 748 g/mol. The summed E-state index contributed by atoms with van der Waals surface area (Å²) in [6.45, 7) is -0.986. The highest BCUT2D eigenvalue weighted by Crippen LogP contribution is 2.46. The van der Waals surface area contributed by atoms with Crippen LogP contribution >= 0.6 is 0 Å². The maximum Gasteiger partial charge on any atom is 0.335 e. The van der Waals surface area contributed by atoms with Gasteiger partial charge in [0.2, 0.25) is 6.29 Å². The molecule has 10 atom stereocenters. The fourth-order valence-electron chi connectivity index (χ4n) is 6.52. The molecule has 2 heterocycles. The van der Waals surface area contributed by atoms with Crippen molar-refractivity contribution in [3.05, 3.63) is 120 Å². The molecule has 4 aromatic rings. The van der Waals surface area contributed by atoms with Crippen LogP contribution in [0.1, 0.15) is 34.8 Å². The number of ether oxygens (including phenoxy) is 3. The number of β-lactam (4-membered cyclic amide) rings is 1. The molecule has 0 aliphatic carbocycles. The van der Waals surface area contributed by atoms with E-state index in [1.165, 1.54) is 35.2 Å². The van der Waals surface area contributed by atoms with E-state index >= 15 is 0 Å². The molecule has 7 N–H and O–H groups in total. The SMILES string of the molecule is O=CC(c1ccc(-c2ccc([C@@H]3[C@@H](OC[C@H](O)c4ccc(F)cc4)C(=O)N3c3ccccc3)c(O[C@@H]3OC(C(=O)O)[C@@H](O)C(O)C3O)c2)cc1)C(O)CO. The summed E-state index contributed by atoms with van der Waals surface area (Å²) in [5, 5.41) is 71.6. The van der Waals surface area contributed by atoms with Crippen molar-refractivity contribution in [3.63, 3.8) is 0 Å². The van der Waals surface area contributed by atoms with Gasteiger partial charge in [0.05, 0.1) is 25.2 Å². The van der Waals surface area contributed by atoms with Crippen molar-refractivity contribution in [3.8, 4) is 16.9 Å². The molecule has 2 aliphatic heterocycles. The van der Waals surface area contributed by atoms with Crippen molar-refractivity contribution in [2.24, 2.45) is 0 Å². The predicted octanol–water partition coefficient (Wildman–Crippen LogP) is 1.61. The second-order valence-electron chi connectivity index (χ2n) is 12.9. The Hall–Kier alpha value is -5.10. The fraction of sp³-hybridized carbons (Fsp3) is 0.308. The van der Waals surface area contributed by atoms with Gasteiger partial charge >= 0.3 is 5.97 Å². The van der Waals surface area contributed by atoms with Crippen LogP contribution in [0.5, 0.6) is 5.75 Å². The molecule has 2 fully saturated rings. The maximum absolute atomic E-state index is 13.7. The number of nitrogens with zero attached hydrogens (tertiary/aromatic N) is 1. The van der Waals surface area contributed by atoms with Crippen molar-refractivity contribution < 1.29 is 68.7 Å². The van der Waals surface area contributed by atoms with Crippen LogP contribution in [0.25, 0.3) is 11.1 Å². The number of aliphatic carboxylic acids is 1. The van der Waals surface area contributed by atoms with Crippen molar-refractivity contribution in [2.75, 3.05) is 18.1 Å². The molecule has 0 spiro atoms. The molecule has 284 valence electrons. The summed E-state index contributed by atoms with van der Waals surface area (Å²) in [5.74, 6) is -3.62. The molecular formula is C39H38FNO13. The van der Waals surface area contributed by atoms with Gasteiger partial charge in [-0.25, -0.2) is 9.18 Å². The molecule has 0 saturated carbocycles. The standard InChI is InChI=1S/C39H38FNO13/c40-24-13-10-22(11-14-24)29(45)19-52-35-31(41(37(35)49)25-4-2-1-3-5-25)26-15-12-23(20-6-8-21(9-7-20)27(17-42)28(44)18-43)16-30(26)53-39-34(48)32(46)33(47)36(54-39)38(50)51/h1-17,27-29,31-36,39,43-48H,18-19H2,(H,50,51)/t27?,28?,29-,31+,32?,33-,34?,35+,36?,39+/m0/s1. The van der Waals surface area contributed by atoms with Crippen molar-refractivity contribution in [1.29, 1.82) is 0 Å². The van der Waals surface area contributed by atoms with Crippen LogP contribution in [0.4, 0.5) is 10.1 Å². The second-order valence-corrected chi connectivity index (χ2v) is 12.9. The summed E-state index contributed by atoms with van der Waals surface area (Å²) in [7, 11) is 0. The number of aliphatic hydroxyl groups is 6. The quantitative estimate of drug-likeness (QED) is 0.0721. The van der Waals surface area contributed by atoms with E-state index in [9.17, 15) is 54.5 Å². The Balaban J connectivity index is 1.40. The van der Waals surface area contributed by atoms with Gasteiger partial charge in [0.15, 0.2) is 12.2 Å². The lowest BCUT2D eigenvalue weighted by Crippen LogP contribution is -2.62. The first-order valence-electron chi connectivity index (χ1n) is 16.9. The van der Waals surface area contributed by atoms with E-state index in [0.29, 0.717) is 34.2 Å². The molecule has 54 heavy (non-hydrogen) atoms. The molecule has 14 nitrogen and oxygen atoms in total. The van der Waals surface area contributed by atoms with E-state index in [4.69, 9.17) is 14.2 Å². The van der Waals surface area contributed by atoms with Gasteiger partial charge in [-0.3, -0.25) is 9.69 Å². The van der Waals surface area contributed by atoms with Crippen molar-refractivity contribution >= 4 is 23.9 Å². The first kappa shape index (κ1) is 38.6. The number of rotatable bonds is 14. The van der Waals surface area contributed by atoms with Crippen molar-refractivity contribution in [2.45, 2.75) is 61.0 Å². The molecule has 0 bridgehead atoms. The summed E-state index contributed by atoms with van der Waals surface area (Å²) in [5.41, 5.74) is 2.61. The Morgan fingerprint density at radius 2 is 1.52 bits per heavy atom. The van der Waals surface area contributed by atoms with Crippen LogP contribution in [0.2, 0.25) is 0 Å². The molecule has 0 radical (unpaired) electrons. The first-order valence-corrected chi connectivity index (χ1v) is 16.9. The Morgan fingerprint density at radius 1 is 0.870 bits per heavy atom. The minimum atomic E-state index is -1.98. The normalized spacial score (nSPS) is 25.6. The minimum Gasteiger partial charge on any atom is -0.479 e. The lowest BCUT2D eigenvalue weighted by atomic mass is 9.87. The molecule has 15 heteroatoms. The van der Waals surface area contributed by atoms with E-state index in [-0.39, 0.29) is 17.9 Å². The Labute approximate surface area is 307 Å². The lowest BCUT2D eigenvalue weighted by Gasteiger charge is -2.47. The monoisotopic (exact) mass is 747 g/mol. The van der Waals surface area contributed by atoms with E-state index in [2.05, 4.69) is 0 Å². The summed E-state index contributed by atoms with van der Waals surface area (Å²) in [4.78, 5) is 38.7. The maximum atomic E-state index is 13.7. The summed E-state index contributed by atoms with van der Waals surface area (Å²) < 4.78 is 31.1.